The highest BCUT2D eigenvalue weighted by Gasteiger charge is 2.19. The molecule has 1 atom stereocenters. The summed E-state index contributed by atoms with van der Waals surface area (Å²) in [5.74, 6) is 1.91. The van der Waals surface area contributed by atoms with Gasteiger partial charge in [0, 0.05) is 30.5 Å². The Morgan fingerprint density at radius 2 is 2.18 bits per heavy atom. The van der Waals surface area contributed by atoms with Crippen LogP contribution in [0.4, 0.5) is 11.6 Å². The van der Waals surface area contributed by atoms with Crippen molar-refractivity contribution in [3.05, 3.63) is 35.0 Å². The van der Waals surface area contributed by atoms with Gasteiger partial charge in [-0.3, -0.25) is 4.79 Å². The second-order valence-electron chi connectivity index (χ2n) is 7.03. The molecule has 0 aliphatic carbocycles. The van der Waals surface area contributed by atoms with Crippen molar-refractivity contribution in [1.82, 2.24) is 9.97 Å². The van der Waals surface area contributed by atoms with E-state index in [0.29, 0.717) is 34.2 Å². The third-order valence-corrected chi connectivity index (χ3v) is 4.84. The Kier molecular flexibility index (Phi) is 6.57. The number of aryl methyl sites for hydroxylation is 1. The molecule has 0 spiro atoms. The molecule has 1 amide bonds. The van der Waals surface area contributed by atoms with Gasteiger partial charge < -0.3 is 19.7 Å². The standard InChI is InChI=1S/C20H25ClN4O3/c1-13-5-4-8-25(11-13)20-22-14(2)9-19(24-20)28-12-18(26)23-15-6-7-17(27-3)16(21)10-15/h6-7,9-10,13H,4-5,8,11-12H2,1-3H3,(H,23,26)/t13-/m1/s1. The zero-order chi connectivity index (χ0) is 20.1. The van der Waals surface area contributed by atoms with Crippen molar-refractivity contribution < 1.29 is 14.3 Å². The van der Waals surface area contributed by atoms with E-state index < -0.39 is 0 Å². The van der Waals surface area contributed by atoms with Gasteiger partial charge in [-0.1, -0.05) is 18.5 Å². The molecule has 1 aliphatic rings. The van der Waals surface area contributed by atoms with Gasteiger partial charge in [0.05, 0.1) is 12.1 Å². The second kappa shape index (κ2) is 9.10. The molecular weight excluding hydrogens is 380 g/mol. The van der Waals surface area contributed by atoms with Crippen molar-refractivity contribution in [1.29, 1.82) is 0 Å². The normalized spacial score (nSPS) is 16.6. The molecule has 1 fully saturated rings. The molecule has 1 N–H and O–H groups in total. The number of rotatable bonds is 6. The summed E-state index contributed by atoms with van der Waals surface area (Å²) >= 11 is 6.08. The predicted molar refractivity (Wildman–Crippen MR) is 110 cm³/mol. The number of hydrogen-bond acceptors (Lipinski definition) is 6. The van der Waals surface area contributed by atoms with Crippen LogP contribution in [0, 0.1) is 12.8 Å². The summed E-state index contributed by atoms with van der Waals surface area (Å²) < 4.78 is 10.7. The molecule has 1 saturated heterocycles. The minimum Gasteiger partial charge on any atom is -0.495 e. The van der Waals surface area contributed by atoms with Gasteiger partial charge in [0.15, 0.2) is 6.61 Å². The number of hydrogen-bond donors (Lipinski definition) is 1. The number of benzene rings is 1. The quantitative estimate of drug-likeness (QED) is 0.791. The summed E-state index contributed by atoms with van der Waals surface area (Å²) in [6, 6.07) is 6.77. The first-order chi connectivity index (χ1) is 13.4. The zero-order valence-electron chi connectivity index (χ0n) is 16.4. The lowest BCUT2D eigenvalue weighted by atomic mass is 10.0. The van der Waals surface area contributed by atoms with Gasteiger partial charge in [-0.15, -0.1) is 0 Å². The number of carbonyl (C=O) groups excluding carboxylic acids is 1. The lowest BCUT2D eigenvalue weighted by Crippen LogP contribution is -2.35. The summed E-state index contributed by atoms with van der Waals surface area (Å²) in [7, 11) is 1.54. The van der Waals surface area contributed by atoms with Crippen LogP contribution in [0.25, 0.3) is 0 Å². The molecule has 150 valence electrons. The topological polar surface area (TPSA) is 76.6 Å². The van der Waals surface area contributed by atoms with Crippen LogP contribution in [0.1, 0.15) is 25.5 Å². The largest absolute Gasteiger partial charge is 0.495 e. The number of ether oxygens (including phenoxy) is 2. The maximum Gasteiger partial charge on any atom is 0.262 e. The van der Waals surface area contributed by atoms with Crippen LogP contribution < -0.4 is 19.7 Å². The Labute approximate surface area is 170 Å². The fourth-order valence-corrected chi connectivity index (χ4v) is 3.45. The predicted octanol–water partition coefficient (Wildman–Crippen LogP) is 3.70. The summed E-state index contributed by atoms with van der Waals surface area (Å²) in [5.41, 5.74) is 1.38. The van der Waals surface area contributed by atoms with Crippen LogP contribution in [-0.4, -0.2) is 42.7 Å². The van der Waals surface area contributed by atoms with Gasteiger partial charge in [-0.25, -0.2) is 4.98 Å². The van der Waals surface area contributed by atoms with Crippen LogP contribution >= 0.6 is 11.6 Å². The third-order valence-electron chi connectivity index (χ3n) is 4.55. The number of halogens is 1. The van der Waals surface area contributed by atoms with E-state index >= 15 is 0 Å². The van der Waals surface area contributed by atoms with Gasteiger partial charge in [0.1, 0.15) is 5.75 Å². The number of nitrogens with zero attached hydrogens (tertiary/aromatic N) is 3. The third kappa shape index (κ3) is 5.25. The first-order valence-corrected chi connectivity index (χ1v) is 9.69. The number of anilines is 2. The van der Waals surface area contributed by atoms with E-state index in [4.69, 9.17) is 21.1 Å². The summed E-state index contributed by atoms with van der Waals surface area (Å²) in [6.45, 7) is 5.84. The monoisotopic (exact) mass is 404 g/mol. The average molecular weight is 405 g/mol. The highest BCUT2D eigenvalue weighted by molar-refractivity contribution is 6.32. The summed E-state index contributed by atoms with van der Waals surface area (Å²) in [4.78, 5) is 23.4. The maximum absolute atomic E-state index is 12.2. The molecule has 7 nitrogen and oxygen atoms in total. The Morgan fingerprint density at radius 3 is 2.89 bits per heavy atom. The van der Waals surface area contributed by atoms with Crippen LogP contribution in [0.3, 0.4) is 0 Å². The van der Waals surface area contributed by atoms with Crippen LogP contribution in [-0.2, 0) is 4.79 Å². The van der Waals surface area contributed by atoms with Gasteiger partial charge in [0.2, 0.25) is 11.8 Å². The highest BCUT2D eigenvalue weighted by Crippen LogP contribution is 2.27. The molecule has 0 unspecified atom stereocenters. The Balaban J connectivity index is 1.60. The Bertz CT molecular complexity index is 846. The van der Waals surface area contributed by atoms with E-state index in [0.717, 1.165) is 25.2 Å². The number of aromatic nitrogens is 2. The molecule has 0 saturated carbocycles. The smallest absolute Gasteiger partial charge is 0.262 e. The molecule has 8 heteroatoms. The second-order valence-corrected chi connectivity index (χ2v) is 7.43. The fourth-order valence-electron chi connectivity index (χ4n) is 3.19. The van der Waals surface area contributed by atoms with E-state index in [1.165, 1.54) is 13.5 Å². The lowest BCUT2D eigenvalue weighted by molar-refractivity contribution is -0.118. The van der Waals surface area contributed by atoms with Crippen LogP contribution in [0.15, 0.2) is 24.3 Å². The zero-order valence-corrected chi connectivity index (χ0v) is 17.1. The maximum atomic E-state index is 12.2. The Hall–Kier alpha value is -2.54. The molecule has 3 rings (SSSR count). The molecule has 2 heterocycles. The van der Waals surface area contributed by atoms with Crippen molar-refractivity contribution in [3.63, 3.8) is 0 Å². The lowest BCUT2D eigenvalue weighted by Gasteiger charge is -2.31. The van der Waals surface area contributed by atoms with E-state index in [1.54, 1.807) is 24.3 Å². The number of piperidine rings is 1. The van der Waals surface area contributed by atoms with Crippen molar-refractivity contribution in [2.75, 3.05) is 37.0 Å². The van der Waals surface area contributed by atoms with Crippen molar-refractivity contribution >= 4 is 29.1 Å². The van der Waals surface area contributed by atoms with E-state index in [9.17, 15) is 4.79 Å². The number of nitrogens with one attached hydrogen (secondary N) is 1. The number of methoxy groups -OCH3 is 1. The van der Waals surface area contributed by atoms with Crippen LogP contribution in [0.5, 0.6) is 11.6 Å². The average Bonchev–Trinajstić information content (AvgIpc) is 2.66. The fraction of sp³-hybridized carbons (Fsp3) is 0.450. The molecule has 1 aromatic carbocycles. The van der Waals surface area contributed by atoms with Gasteiger partial charge in [-0.2, -0.15) is 4.98 Å². The highest BCUT2D eigenvalue weighted by atomic mass is 35.5. The minimum absolute atomic E-state index is 0.157. The van der Waals surface area contributed by atoms with Crippen molar-refractivity contribution in [3.8, 4) is 11.6 Å². The molecular formula is C20H25ClN4O3. The van der Waals surface area contributed by atoms with Crippen molar-refractivity contribution in [2.24, 2.45) is 5.92 Å². The Morgan fingerprint density at radius 1 is 1.36 bits per heavy atom. The SMILES string of the molecule is COc1ccc(NC(=O)COc2cc(C)nc(N3CCC[C@@H](C)C3)n2)cc1Cl. The molecule has 1 aromatic heterocycles. The van der Waals surface area contributed by atoms with Crippen molar-refractivity contribution in [2.45, 2.75) is 26.7 Å². The number of carbonyl (C=O) groups is 1. The summed E-state index contributed by atoms with van der Waals surface area (Å²) in [5, 5.41) is 3.17. The molecule has 28 heavy (non-hydrogen) atoms. The first kappa shape index (κ1) is 20.2. The van der Waals surface area contributed by atoms with E-state index in [2.05, 4.69) is 27.1 Å². The van der Waals surface area contributed by atoms with Gasteiger partial charge in [0.25, 0.3) is 5.91 Å². The van der Waals surface area contributed by atoms with Gasteiger partial charge >= 0.3 is 0 Å². The van der Waals surface area contributed by atoms with Crippen LogP contribution in [0.2, 0.25) is 5.02 Å². The molecule has 0 radical (unpaired) electrons. The molecule has 1 aliphatic heterocycles. The van der Waals surface area contributed by atoms with Gasteiger partial charge in [-0.05, 0) is 43.9 Å². The number of amides is 1. The van der Waals surface area contributed by atoms with E-state index in [1.807, 2.05) is 6.92 Å². The summed E-state index contributed by atoms with van der Waals surface area (Å²) in [6.07, 6.45) is 2.35. The van der Waals surface area contributed by atoms with E-state index in [-0.39, 0.29) is 12.5 Å². The minimum atomic E-state index is -0.300. The molecule has 0 bridgehead atoms. The first-order valence-electron chi connectivity index (χ1n) is 9.31. The molecule has 2 aromatic rings.